The van der Waals surface area contributed by atoms with Crippen LogP contribution in [-0.4, -0.2) is 0 Å². The molecule has 4 rings (SSSR count). The summed E-state index contributed by atoms with van der Waals surface area (Å²) in [7, 11) is 0. The monoisotopic (exact) mass is 288 g/mol. The minimum atomic E-state index is 0.753. The van der Waals surface area contributed by atoms with Gasteiger partial charge in [0.05, 0.1) is 5.70 Å². The average molecular weight is 288 g/mol. The van der Waals surface area contributed by atoms with Gasteiger partial charge in [-0.3, -0.25) is 0 Å². The predicted molar refractivity (Wildman–Crippen MR) is 92.4 cm³/mol. The highest BCUT2D eigenvalue weighted by molar-refractivity contribution is 5.81. The molecule has 1 aromatic rings. The van der Waals surface area contributed by atoms with Crippen LogP contribution in [-0.2, 0) is 0 Å². The zero-order valence-corrected chi connectivity index (χ0v) is 12.6. The van der Waals surface area contributed by atoms with Crippen molar-refractivity contribution in [3.8, 4) is 0 Å². The summed E-state index contributed by atoms with van der Waals surface area (Å²) in [5.41, 5.74) is 14.3. The van der Waals surface area contributed by atoms with Crippen LogP contribution in [0.15, 0.2) is 72.1 Å². The summed E-state index contributed by atoms with van der Waals surface area (Å²) in [4.78, 5) is 0. The van der Waals surface area contributed by atoms with Gasteiger partial charge in [-0.05, 0) is 59.1 Å². The van der Waals surface area contributed by atoms with E-state index in [2.05, 4.69) is 66.1 Å². The lowest BCUT2D eigenvalue weighted by molar-refractivity contribution is 0.698. The van der Waals surface area contributed by atoms with Gasteiger partial charge in [-0.25, -0.2) is 0 Å². The van der Waals surface area contributed by atoms with Crippen molar-refractivity contribution in [3.63, 3.8) is 0 Å². The molecule has 3 aliphatic rings. The molecule has 0 radical (unpaired) electrons. The lowest BCUT2D eigenvalue weighted by Gasteiger charge is -2.21. The third-order valence-electron chi connectivity index (χ3n) is 4.57. The van der Waals surface area contributed by atoms with E-state index in [-0.39, 0.29) is 0 Å². The molecule has 0 aromatic heterocycles. The van der Waals surface area contributed by atoms with Crippen LogP contribution in [0.25, 0.3) is 11.6 Å². The molecular weight excluding hydrogens is 268 g/mol. The van der Waals surface area contributed by atoms with Crippen LogP contribution in [0.4, 0.5) is 0 Å². The molecule has 2 aliphatic carbocycles. The van der Waals surface area contributed by atoms with Gasteiger partial charge in [0, 0.05) is 6.20 Å². The van der Waals surface area contributed by atoms with Gasteiger partial charge < -0.3 is 10.9 Å². The molecule has 2 nitrogen and oxygen atoms in total. The molecule has 1 aliphatic heterocycles. The van der Waals surface area contributed by atoms with Crippen LogP contribution in [0, 0.1) is 5.92 Å². The molecule has 1 saturated carbocycles. The van der Waals surface area contributed by atoms with E-state index in [1.54, 1.807) is 0 Å². The van der Waals surface area contributed by atoms with Crippen LogP contribution in [0.1, 0.15) is 30.4 Å². The van der Waals surface area contributed by atoms with Crippen LogP contribution >= 0.6 is 0 Å². The minimum absolute atomic E-state index is 0.753. The summed E-state index contributed by atoms with van der Waals surface area (Å²) in [5, 5.41) is 0. The Morgan fingerprint density at radius 2 is 2.00 bits per heavy atom. The Hall–Kier alpha value is -2.48. The number of rotatable bonds is 3. The molecule has 2 heteroatoms. The topological polar surface area (TPSA) is 24.1 Å². The Morgan fingerprint density at radius 1 is 1.14 bits per heavy atom. The maximum atomic E-state index is 3.93. The van der Waals surface area contributed by atoms with Gasteiger partial charge in [0.15, 0.2) is 0 Å². The molecule has 22 heavy (non-hydrogen) atoms. The number of allylic oxidation sites excluding steroid dienone is 6. The van der Waals surface area contributed by atoms with E-state index in [4.69, 9.17) is 0 Å². The van der Waals surface area contributed by atoms with Crippen molar-refractivity contribution in [2.24, 2.45) is 5.92 Å². The van der Waals surface area contributed by atoms with E-state index in [0.29, 0.717) is 0 Å². The number of hydrogen-bond acceptors (Lipinski definition) is 2. The van der Waals surface area contributed by atoms with E-state index in [0.717, 1.165) is 12.3 Å². The Kier molecular flexibility index (Phi) is 3.23. The van der Waals surface area contributed by atoms with E-state index in [1.807, 2.05) is 6.08 Å². The van der Waals surface area contributed by atoms with Crippen molar-refractivity contribution in [3.05, 3.63) is 83.2 Å². The minimum Gasteiger partial charge on any atom is -0.308 e. The normalized spacial score (nSPS) is 20.2. The standard InChI is InChI=1S/C20H20N2/c1-2-14-5-3-4-6-17(14)15-9-11-18-19(16-7-8-16)13-21-22-20(18)12-10-15/h2-6,9-10,12-13,16,21-22H,1,7-8,11H2. The summed E-state index contributed by atoms with van der Waals surface area (Å²) in [5.74, 6) is 0.753. The van der Waals surface area contributed by atoms with E-state index in [1.165, 1.54) is 46.4 Å². The van der Waals surface area contributed by atoms with Crippen molar-refractivity contribution < 1.29 is 0 Å². The first-order chi connectivity index (χ1) is 10.9. The Balaban J connectivity index is 1.70. The van der Waals surface area contributed by atoms with Gasteiger partial charge >= 0.3 is 0 Å². The van der Waals surface area contributed by atoms with Crippen LogP contribution < -0.4 is 10.9 Å². The summed E-state index contributed by atoms with van der Waals surface area (Å²) >= 11 is 0. The highest BCUT2D eigenvalue weighted by Crippen LogP contribution is 2.43. The van der Waals surface area contributed by atoms with E-state index in [9.17, 15) is 0 Å². The third kappa shape index (κ3) is 2.31. The van der Waals surface area contributed by atoms with Crippen LogP contribution in [0.5, 0.6) is 0 Å². The van der Waals surface area contributed by atoms with Gasteiger partial charge in [-0.1, -0.05) is 49.1 Å². The zero-order valence-electron chi connectivity index (χ0n) is 12.6. The van der Waals surface area contributed by atoms with Gasteiger partial charge in [-0.15, -0.1) is 0 Å². The number of hydrogen-bond donors (Lipinski definition) is 2. The van der Waals surface area contributed by atoms with Crippen molar-refractivity contribution in [1.82, 2.24) is 10.9 Å². The van der Waals surface area contributed by atoms with Gasteiger partial charge in [0.25, 0.3) is 0 Å². The molecule has 110 valence electrons. The van der Waals surface area contributed by atoms with Crippen molar-refractivity contribution in [2.45, 2.75) is 19.3 Å². The van der Waals surface area contributed by atoms with Crippen LogP contribution in [0.3, 0.4) is 0 Å². The van der Waals surface area contributed by atoms with Gasteiger partial charge in [0.2, 0.25) is 0 Å². The lowest BCUT2D eigenvalue weighted by Crippen LogP contribution is -2.31. The molecule has 1 heterocycles. The fourth-order valence-electron chi connectivity index (χ4n) is 3.23. The smallest absolute Gasteiger partial charge is 0.0578 e. The average Bonchev–Trinajstić information content (AvgIpc) is 3.41. The van der Waals surface area contributed by atoms with Crippen molar-refractivity contribution in [1.29, 1.82) is 0 Å². The largest absolute Gasteiger partial charge is 0.308 e. The third-order valence-corrected chi connectivity index (χ3v) is 4.57. The van der Waals surface area contributed by atoms with E-state index < -0.39 is 0 Å². The molecule has 0 amide bonds. The lowest BCUT2D eigenvalue weighted by atomic mass is 9.95. The highest BCUT2D eigenvalue weighted by atomic mass is 15.4. The predicted octanol–water partition coefficient (Wildman–Crippen LogP) is 4.33. The second-order valence-corrected chi connectivity index (χ2v) is 6.02. The number of benzene rings is 1. The maximum absolute atomic E-state index is 3.93. The fraction of sp³-hybridized carbons (Fsp3) is 0.200. The number of nitrogens with one attached hydrogen (secondary N) is 2. The highest BCUT2D eigenvalue weighted by Gasteiger charge is 2.30. The molecule has 0 bridgehead atoms. The molecule has 0 spiro atoms. The SMILES string of the molecule is C=Cc1ccccc1C1=CCC2=C(C=C1)NNC=C2C1CC1. The zero-order chi connectivity index (χ0) is 14.9. The summed E-state index contributed by atoms with van der Waals surface area (Å²) in [6.07, 6.45) is 14.4. The Bertz CT molecular complexity index is 743. The first kappa shape index (κ1) is 13.2. The Labute approximate surface area is 131 Å². The summed E-state index contributed by atoms with van der Waals surface area (Å²) < 4.78 is 0. The second kappa shape index (κ2) is 5.38. The molecular formula is C20H20N2. The first-order valence-electron chi connectivity index (χ1n) is 7.92. The van der Waals surface area contributed by atoms with Gasteiger partial charge in [0.1, 0.15) is 0 Å². The van der Waals surface area contributed by atoms with E-state index >= 15 is 0 Å². The van der Waals surface area contributed by atoms with Crippen LogP contribution in [0.2, 0.25) is 0 Å². The maximum Gasteiger partial charge on any atom is 0.0578 e. The summed E-state index contributed by atoms with van der Waals surface area (Å²) in [6, 6.07) is 8.43. The molecule has 2 N–H and O–H groups in total. The molecule has 0 saturated heterocycles. The molecule has 1 aromatic carbocycles. The number of hydrazine groups is 1. The molecule has 1 fully saturated rings. The molecule has 0 atom stereocenters. The molecule has 0 unspecified atom stereocenters. The first-order valence-corrected chi connectivity index (χ1v) is 7.92. The fourth-order valence-corrected chi connectivity index (χ4v) is 3.23. The second-order valence-electron chi connectivity index (χ2n) is 6.02. The Morgan fingerprint density at radius 3 is 2.82 bits per heavy atom. The quantitative estimate of drug-likeness (QED) is 0.865. The van der Waals surface area contributed by atoms with Gasteiger partial charge in [-0.2, -0.15) is 0 Å². The summed E-state index contributed by atoms with van der Waals surface area (Å²) in [6.45, 7) is 3.93. The van der Waals surface area contributed by atoms with Crippen molar-refractivity contribution >= 4 is 11.6 Å². The van der Waals surface area contributed by atoms with Crippen molar-refractivity contribution in [2.75, 3.05) is 0 Å².